The molecule has 1 saturated carbocycles. The number of halogens is 3. The lowest BCUT2D eigenvalue weighted by Gasteiger charge is -2.33. The lowest BCUT2D eigenvalue weighted by molar-refractivity contribution is -0.231. The summed E-state index contributed by atoms with van der Waals surface area (Å²) in [5.41, 5.74) is -3.22. The predicted octanol–water partition coefficient (Wildman–Crippen LogP) is 3.77. The molecule has 1 aliphatic rings. The fourth-order valence-corrected chi connectivity index (χ4v) is 2.45. The van der Waals surface area contributed by atoms with Crippen LogP contribution >= 0.6 is 0 Å². The first-order chi connectivity index (χ1) is 10.0. The van der Waals surface area contributed by atoms with Crippen molar-refractivity contribution in [3.63, 3.8) is 0 Å². The van der Waals surface area contributed by atoms with Crippen LogP contribution in [0.2, 0.25) is 0 Å². The monoisotopic (exact) mass is 324 g/mol. The highest BCUT2D eigenvalue weighted by Crippen LogP contribution is 2.41. The van der Waals surface area contributed by atoms with E-state index in [0.29, 0.717) is 12.8 Å². The van der Waals surface area contributed by atoms with Gasteiger partial charge in [0.1, 0.15) is 5.60 Å². The van der Waals surface area contributed by atoms with Crippen molar-refractivity contribution in [3.8, 4) is 0 Å². The summed E-state index contributed by atoms with van der Waals surface area (Å²) in [6.07, 6.45) is -0.816. The van der Waals surface area contributed by atoms with Crippen molar-refractivity contribution in [2.24, 2.45) is 5.41 Å². The van der Waals surface area contributed by atoms with Gasteiger partial charge >= 0.3 is 18.1 Å². The van der Waals surface area contributed by atoms with E-state index in [2.05, 4.69) is 4.74 Å². The zero-order valence-corrected chi connectivity index (χ0v) is 13.2. The van der Waals surface area contributed by atoms with Crippen molar-refractivity contribution in [1.82, 2.24) is 0 Å². The van der Waals surface area contributed by atoms with Gasteiger partial charge in [0.2, 0.25) is 0 Å². The molecule has 0 N–H and O–H groups in total. The van der Waals surface area contributed by atoms with Gasteiger partial charge in [0.05, 0.1) is 0 Å². The van der Waals surface area contributed by atoms with Crippen LogP contribution in [-0.4, -0.2) is 30.3 Å². The number of ether oxygens (including phenoxy) is 2. The first-order valence-electron chi connectivity index (χ1n) is 7.50. The summed E-state index contributed by atoms with van der Waals surface area (Å²) in [5, 5.41) is 0. The highest BCUT2D eigenvalue weighted by molar-refractivity contribution is 5.81. The van der Waals surface area contributed by atoms with Crippen LogP contribution in [0.3, 0.4) is 0 Å². The molecule has 0 aromatic carbocycles. The van der Waals surface area contributed by atoms with Crippen molar-refractivity contribution in [3.05, 3.63) is 0 Å². The van der Waals surface area contributed by atoms with E-state index in [9.17, 15) is 22.8 Å². The second-order valence-electron chi connectivity index (χ2n) is 6.24. The van der Waals surface area contributed by atoms with Gasteiger partial charge in [-0.25, -0.2) is 4.79 Å². The molecule has 128 valence electrons. The van der Waals surface area contributed by atoms with Crippen LogP contribution in [0.25, 0.3) is 0 Å². The predicted molar refractivity (Wildman–Crippen MR) is 73.0 cm³/mol. The van der Waals surface area contributed by atoms with Crippen molar-refractivity contribution in [2.45, 2.75) is 71.1 Å². The minimum atomic E-state index is -4.72. The third-order valence-corrected chi connectivity index (χ3v) is 4.38. The molecule has 1 rings (SSSR count). The van der Waals surface area contributed by atoms with Crippen molar-refractivity contribution < 1.29 is 32.2 Å². The van der Waals surface area contributed by atoms with Crippen LogP contribution in [0.15, 0.2) is 0 Å². The molecule has 7 heteroatoms. The Morgan fingerprint density at radius 3 is 2.14 bits per heavy atom. The highest BCUT2D eigenvalue weighted by atomic mass is 19.4. The Bertz CT molecular complexity index is 414. The van der Waals surface area contributed by atoms with E-state index in [1.807, 2.05) is 0 Å². The average Bonchev–Trinajstić information content (AvgIpc) is 2.42. The molecule has 22 heavy (non-hydrogen) atoms. The molecular weight excluding hydrogens is 301 g/mol. The summed E-state index contributed by atoms with van der Waals surface area (Å²) in [4.78, 5) is 23.4. The van der Waals surface area contributed by atoms with E-state index in [1.165, 1.54) is 6.92 Å². The number of carbonyl (C=O) groups excluding carboxylic acids is 2. The Balaban J connectivity index is 2.54. The lowest BCUT2D eigenvalue weighted by Crippen LogP contribution is -2.44. The minimum Gasteiger partial charge on any atom is -0.457 e. The number of rotatable bonds is 5. The molecule has 0 aliphatic heterocycles. The Hall–Kier alpha value is -1.27. The van der Waals surface area contributed by atoms with Gasteiger partial charge in [-0.1, -0.05) is 13.3 Å². The van der Waals surface area contributed by atoms with E-state index in [1.54, 1.807) is 6.92 Å². The Morgan fingerprint density at radius 2 is 1.68 bits per heavy atom. The maximum absolute atomic E-state index is 12.9. The van der Waals surface area contributed by atoms with E-state index in [4.69, 9.17) is 4.74 Å². The molecule has 0 saturated heterocycles. The van der Waals surface area contributed by atoms with E-state index < -0.39 is 42.2 Å². The van der Waals surface area contributed by atoms with Gasteiger partial charge in [0, 0.05) is 0 Å². The summed E-state index contributed by atoms with van der Waals surface area (Å²) in [6, 6.07) is 0. The van der Waals surface area contributed by atoms with Gasteiger partial charge in [-0.05, 0) is 46.0 Å². The second kappa shape index (κ2) is 6.87. The molecule has 1 unspecified atom stereocenters. The molecular formula is C15H23F3O4. The van der Waals surface area contributed by atoms with E-state index in [0.717, 1.165) is 26.2 Å². The molecule has 4 nitrogen and oxygen atoms in total. The van der Waals surface area contributed by atoms with Gasteiger partial charge in [-0.3, -0.25) is 4.79 Å². The molecule has 0 aromatic heterocycles. The SMILES string of the molecule is CCC(C)(C(=O)OCC(=O)OC1(C)CCCCC1)C(F)(F)F. The largest absolute Gasteiger partial charge is 0.457 e. The minimum absolute atomic E-state index is 0.456. The van der Waals surface area contributed by atoms with Crippen LogP contribution in [-0.2, 0) is 19.1 Å². The smallest absolute Gasteiger partial charge is 0.404 e. The van der Waals surface area contributed by atoms with E-state index >= 15 is 0 Å². The van der Waals surface area contributed by atoms with Crippen LogP contribution in [0.5, 0.6) is 0 Å². The molecule has 1 atom stereocenters. The van der Waals surface area contributed by atoms with Gasteiger partial charge in [0.15, 0.2) is 12.0 Å². The Morgan fingerprint density at radius 1 is 1.14 bits per heavy atom. The second-order valence-corrected chi connectivity index (χ2v) is 6.24. The summed E-state index contributed by atoms with van der Waals surface area (Å²) in [7, 11) is 0. The number of hydrogen-bond acceptors (Lipinski definition) is 4. The van der Waals surface area contributed by atoms with E-state index in [-0.39, 0.29) is 0 Å². The Labute approximate surface area is 128 Å². The lowest BCUT2D eigenvalue weighted by atomic mass is 9.86. The van der Waals surface area contributed by atoms with Crippen LogP contribution < -0.4 is 0 Å². The topological polar surface area (TPSA) is 52.6 Å². The molecule has 1 aliphatic carbocycles. The van der Waals surface area contributed by atoms with Crippen LogP contribution in [0.1, 0.15) is 59.3 Å². The fraction of sp³-hybridized carbons (Fsp3) is 0.867. The Kier molecular flexibility index (Phi) is 5.87. The molecule has 0 bridgehead atoms. The third-order valence-electron chi connectivity index (χ3n) is 4.38. The van der Waals surface area contributed by atoms with Crippen LogP contribution in [0, 0.1) is 5.41 Å². The number of alkyl halides is 3. The van der Waals surface area contributed by atoms with Crippen LogP contribution in [0.4, 0.5) is 13.2 Å². The summed E-state index contributed by atoms with van der Waals surface area (Å²) < 4.78 is 48.5. The summed E-state index contributed by atoms with van der Waals surface area (Å²) in [5.74, 6) is -2.26. The zero-order chi connectivity index (χ0) is 17.0. The summed E-state index contributed by atoms with van der Waals surface area (Å²) in [6.45, 7) is 3.01. The number of hydrogen-bond donors (Lipinski definition) is 0. The maximum Gasteiger partial charge on any atom is 0.404 e. The molecule has 0 spiro atoms. The van der Waals surface area contributed by atoms with Gasteiger partial charge < -0.3 is 9.47 Å². The average molecular weight is 324 g/mol. The molecule has 0 radical (unpaired) electrons. The van der Waals surface area contributed by atoms with Gasteiger partial charge in [-0.15, -0.1) is 0 Å². The third kappa shape index (κ3) is 4.36. The summed E-state index contributed by atoms with van der Waals surface area (Å²) >= 11 is 0. The molecule has 0 heterocycles. The molecule has 0 aromatic rings. The zero-order valence-electron chi connectivity index (χ0n) is 13.2. The van der Waals surface area contributed by atoms with Gasteiger partial charge in [-0.2, -0.15) is 13.2 Å². The quantitative estimate of drug-likeness (QED) is 0.722. The first kappa shape index (κ1) is 18.8. The van der Waals surface area contributed by atoms with Crippen molar-refractivity contribution >= 4 is 11.9 Å². The highest BCUT2D eigenvalue weighted by Gasteiger charge is 2.56. The molecule has 0 amide bonds. The van der Waals surface area contributed by atoms with Gasteiger partial charge in [0.25, 0.3) is 0 Å². The first-order valence-corrected chi connectivity index (χ1v) is 7.50. The maximum atomic E-state index is 12.9. The fourth-order valence-electron chi connectivity index (χ4n) is 2.45. The standard InChI is InChI=1S/C15H23F3O4/c1-4-14(3,15(16,17)18)12(20)21-10-11(19)22-13(2)8-6-5-7-9-13/h4-10H2,1-3H3. The number of carbonyl (C=O) groups is 2. The van der Waals surface area contributed by atoms with Crippen molar-refractivity contribution in [2.75, 3.05) is 6.61 Å². The van der Waals surface area contributed by atoms with Crippen molar-refractivity contribution in [1.29, 1.82) is 0 Å². The molecule has 1 fully saturated rings. The normalized spacial score (nSPS) is 20.8. The number of esters is 2.